The Balaban J connectivity index is 1.80. The van der Waals surface area contributed by atoms with Crippen molar-refractivity contribution in [2.45, 2.75) is 32.9 Å². The lowest BCUT2D eigenvalue weighted by Gasteiger charge is -2.09. The van der Waals surface area contributed by atoms with Gasteiger partial charge >= 0.3 is 11.8 Å². The molecule has 1 atom stereocenters. The molecular weight excluding hydrogens is 349 g/mol. The number of hydrazone groups is 1. The van der Waals surface area contributed by atoms with Gasteiger partial charge in [-0.1, -0.05) is 19.1 Å². The second-order valence-electron chi connectivity index (χ2n) is 5.97. The number of nitrogens with zero attached hydrogens (tertiary/aromatic N) is 1. The molecular formula is C20H22FN3O3. The maximum absolute atomic E-state index is 12.9. The summed E-state index contributed by atoms with van der Waals surface area (Å²) in [6.45, 7) is 4.05. The molecule has 0 bridgehead atoms. The molecule has 0 fully saturated rings. The van der Waals surface area contributed by atoms with Crippen LogP contribution in [0.3, 0.4) is 0 Å². The molecule has 0 heterocycles. The quantitative estimate of drug-likeness (QED) is 0.446. The van der Waals surface area contributed by atoms with Gasteiger partial charge in [-0.3, -0.25) is 9.59 Å². The van der Waals surface area contributed by atoms with E-state index in [4.69, 9.17) is 4.74 Å². The topological polar surface area (TPSA) is 79.8 Å². The van der Waals surface area contributed by atoms with Crippen LogP contribution in [-0.4, -0.2) is 24.1 Å². The van der Waals surface area contributed by atoms with Crippen LogP contribution in [0.1, 0.15) is 31.4 Å². The normalized spacial score (nSPS) is 11.8. The van der Waals surface area contributed by atoms with Gasteiger partial charge in [0.05, 0.1) is 6.21 Å². The van der Waals surface area contributed by atoms with Gasteiger partial charge in [-0.05, 0) is 60.9 Å². The van der Waals surface area contributed by atoms with Crippen molar-refractivity contribution in [2.24, 2.45) is 5.10 Å². The van der Waals surface area contributed by atoms with E-state index in [1.165, 1.54) is 18.3 Å². The highest BCUT2D eigenvalue weighted by molar-refractivity contribution is 6.35. The lowest BCUT2D eigenvalue weighted by molar-refractivity contribution is -0.139. The summed E-state index contributed by atoms with van der Waals surface area (Å²) in [7, 11) is 0. The predicted molar refractivity (Wildman–Crippen MR) is 101 cm³/mol. The Morgan fingerprint density at radius 1 is 1.11 bits per heavy atom. The summed E-state index contributed by atoms with van der Waals surface area (Å²) in [6, 6.07) is 13.0. The Bertz CT molecular complexity index is 789. The summed E-state index contributed by atoms with van der Waals surface area (Å²) < 4.78 is 18.5. The van der Waals surface area contributed by atoms with Crippen LogP contribution in [0.4, 0.5) is 4.39 Å². The van der Waals surface area contributed by atoms with Crippen LogP contribution >= 0.6 is 0 Å². The van der Waals surface area contributed by atoms with Crippen LogP contribution in [0.25, 0.3) is 0 Å². The molecule has 0 aromatic heterocycles. The van der Waals surface area contributed by atoms with E-state index < -0.39 is 11.8 Å². The first kappa shape index (κ1) is 20.1. The van der Waals surface area contributed by atoms with Gasteiger partial charge in [-0.2, -0.15) is 5.10 Å². The zero-order valence-electron chi connectivity index (χ0n) is 15.2. The van der Waals surface area contributed by atoms with Crippen molar-refractivity contribution >= 4 is 18.0 Å². The summed E-state index contributed by atoms with van der Waals surface area (Å²) in [4.78, 5) is 23.2. The highest BCUT2D eigenvalue weighted by atomic mass is 19.1. The molecule has 2 aromatic rings. The van der Waals surface area contributed by atoms with Crippen LogP contribution in [0.2, 0.25) is 0 Å². The third-order valence-electron chi connectivity index (χ3n) is 3.77. The van der Waals surface area contributed by atoms with Crippen molar-refractivity contribution in [2.75, 3.05) is 0 Å². The SMILES string of the molecule is CC[C@H](C)NC(=O)C(=O)N/N=C\c1ccc(OCc2ccc(F)cc2)cc1. The smallest absolute Gasteiger partial charge is 0.329 e. The summed E-state index contributed by atoms with van der Waals surface area (Å²) in [5.41, 5.74) is 3.77. The number of nitrogens with one attached hydrogen (secondary N) is 2. The monoisotopic (exact) mass is 371 g/mol. The van der Waals surface area contributed by atoms with Gasteiger partial charge in [0.15, 0.2) is 0 Å². The second kappa shape index (κ2) is 10.1. The van der Waals surface area contributed by atoms with E-state index in [0.717, 1.165) is 17.5 Å². The van der Waals surface area contributed by atoms with Gasteiger partial charge in [0, 0.05) is 6.04 Å². The molecule has 2 amide bonds. The van der Waals surface area contributed by atoms with E-state index in [9.17, 15) is 14.0 Å². The van der Waals surface area contributed by atoms with Gasteiger partial charge in [-0.25, -0.2) is 9.82 Å². The van der Waals surface area contributed by atoms with E-state index in [2.05, 4.69) is 15.8 Å². The van der Waals surface area contributed by atoms with E-state index in [1.807, 2.05) is 13.8 Å². The van der Waals surface area contributed by atoms with E-state index in [1.54, 1.807) is 36.4 Å². The second-order valence-corrected chi connectivity index (χ2v) is 5.97. The number of hydrogen-bond donors (Lipinski definition) is 2. The van der Waals surface area contributed by atoms with Gasteiger partial charge in [-0.15, -0.1) is 0 Å². The molecule has 0 radical (unpaired) electrons. The Hall–Kier alpha value is -3.22. The van der Waals surface area contributed by atoms with Gasteiger partial charge in [0.2, 0.25) is 0 Å². The molecule has 6 nitrogen and oxygen atoms in total. The van der Waals surface area contributed by atoms with Crippen LogP contribution in [0, 0.1) is 5.82 Å². The van der Waals surface area contributed by atoms with Crippen LogP contribution in [0.5, 0.6) is 5.75 Å². The molecule has 7 heteroatoms. The summed E-state index contributed by atoms with van der Waals surface area (Å²) in [5, 5.41) is 6.32. The fraction of sp³-hybridized carbons (Fsp3) is 0.250. The highest BCUT2D eigenvalue weighted by Gasteiger charge is 2.14. The minimum Gasteiger partial charge on any atom is -0.489 e. The molecule has 0 saturated carbocycles. The van der Waals surface area contributed by atoms with Crippen molar-refractivity contribution in [3.05, 3.63) is 65.5 Å². The van der Waals surface area contributed by atoms with Crippen molar-refractivity contribution in [3.8, 4) is 5.75 Å². The third-order valence-corrected chi connectivity index (χ3v) is 3.77. The van der Waals surface area contributed by atoms with E-state index in [-0.39, 0.29) is 11.9 Å². The highest BCUT2D eigenvalue weighted by Crippen LogP contribution is 2.13. The van der Waals surface area contributed by atoms with Crippen molar-refractivity contribution in [3.63, 3.8) is 0 Å². The maximum atomic E-state index is 12.9. The van der Waals surface area contributed by atoms with E-state index >= 15 is 0 Å². The molecule has 0 aliphatic heterocycles. The Morgan fingerprint density at radius 3 is 2.41 bits per heavy atom. The third kappa shape index (κ3) is 6.89. The molecule has 2 rings (SSSR count). The minimum absolute atomic E-state index is 0.0744. The van der Waals surface area contributed by atoms with Gasteiger partial charge in [0.1, 0.15) is 18.2 Å². The number of halogens is 1. The molecule has 142 valence electrons. The molecule has 0 unspecified atom stereocenters. The molecule has 2 N–H and O–H groups in total. The average Bonchev–Trinajstić information content (AvgIpc) is 2.68. The lowest BCUT2D eigenvalue weighted by Crippen LogP contribution is -2.41. The number of carbonyl (C=O) groups excluding carboxylic acids is 2. The summed E-state index contributed by atoms with van der Waals surface area (Å²) in [5.74, 6) is -1.17. The molecule has 0 spiro atoms. The molecule has 0 aliphatic carbocycles. The molecule has 0 aliphatic rings. The number of ether oxygens (including phenoxy) is 1. The first-order valence-corrected chi connectivity index (χ1v) is 8.59. The first-order chi connectivity index (χ1) is 13.0. The fourth-order valence-corrected chi connectivity index (χ4v) is 2.01. The van der Waals surface area contributed by atoms with E-state index in [0.29, 0.717) is 12.4 Å². The standard InChI is InChI=1S/C20H22FN3O3/c1-3-14(2)23-19(25)20(26)24-22-12-15-6-10-18(11-7-15)27-13-16-4-8-17(21)9-5-16/h4-12,14H,3,13H2,1-2H3,(H,23,25)(H,24,26)/b22-12-/t14-/m0/s1. The summed E-state index contributed by atoms with van der Waals surface area (Å²) in [6.07, 6.45) is 2.16. The largest absolute Gasteiger partial charge is 0.489 e. The maximum Gasteiger partial charge on any atom is 0.329 e. The van der Waals surface area contributed by atoms with Crippen LogP contribution in [-0.2, 0) is 16.2 Å². The number of amides is 2. The minimum atomic E-state index is -0.814. The van der Waals surface area contributed by atoms with Crippen molar-refractivity contribution in [1.82, 2.24) is 10.7 Å². The molecule has 0 saturated heterocycles. The zero-order chi connectivity index (χ0) is 19.6. The molecule has 27 heavy (non-hydrogen) atoms. The average molecular weight is 371 g/mol. The Kier molecular flexibility index (Phi) is 7.49. The van der Waals surface area contributed by atoms with Crippen LogP contribution < -0.4 is 15.5 Å². The zero-order valence-corrected chi connectivity index (χ0v) is 15.2. The number of carbonyl (C=O) groups is 2. The van der Waals surface area contributed by atoms with Gasteiger partial charge < -0.3 is 10.1 Å². The van der Waals surface area contributed by atoms with Crippen LogP contribution in [0.15, 0.2) is 53.6 Å². The number of hydrogen-bond acceptors (Lipinski definition) is 4. The van der Waals surface area contributed by atoms with Crippen molar-refractivity contribution < 1.29 is 18.7 Å². The first-order valence-electron chi connectivity index (χ1n) is 8.59. The Labute approximate surface area is 157 Å². The number of rotatable bonds is 7. The number of benzene rings is 2. The van der Waals surface area contributed by atoms with Crippen molar-refractivity contribution in [1.29, 1.82) is 0 Å². The van der Waals surface area contributed by atoms with Gasteiger partial charge in [0.25, 0.3) is 0 Å². The Morgan fingerprint density at radius 2 is 1.78 bits per heavy atom. The lowest BCUT2D eigenvalue weighted by atomic mass is 10.2. The predicted octanol–water partition coefficient (Wildman–Crippen LogP) is 2.77. The fourth-order valence-electron chi connectivity index (χ4n) is 2.01. The molecule has 2 aromatic carbocycles. The summed E-state index contributed by atoms with van der Waals surface area (Å²) >= 11 is 0.